The van der Waals surface area contributed by atoms with Gasteiger partial charge in [0.05, 0.1) is 0 Å². The lowest BCUT2D eigenvalue weighted by Gasteiger charge is -2.54. The largest absolute Gasteiger partial charge is 0.587 e. The Balaban J connectivity index is 1.48. The normalized spacial score (nSPS) is 25.7. The molecule has 4 rings (SSSR count). The summed E-state index contributed by atoms with van der Waals surface area (Å²) in [5.74, 6) is -1.27. The van der Waals surface area contributed by atoms with Crippen LogP contribution in [0, 0.1) is 5.41 Å². The number of aromatic nitrogens is 2. The van der Waals surface area contributed by atoms with E-state index in [4.69, 9.17) is 0 Å². The summed E-state index contributed by atoms with van der Waals surface area (Å²) >= 11 is 3.57. The first-order valence-corrected chi connectivity index (χ1v) is 14.5. The van der Waals surface area contributed by atoms with Crippen LogP contribution in [0.15, 0.2) is 26.1 Å². The monoisotopic (exact) mass is 532 g/mol. The van der Waals surface area contributed by atoms with Crippen LogP contribution < -0.4 is 0 Å². The molecule has 2 aliphatic heterocycles. The molecule has 2 aromatic rings. The molecule has 4 atom stereocenters. The number of fused-ring (bicyclic) bond motifs is 1. The lowest BCUT2D eigenvalue weighted by atomic mass is 9.89. The summed E-state index contributed by atoms with van der Waals surface area (Å²) in [6.45, 7) is 3.31. The average Bonchev–Trinajstić information content (AvgIpc) is 3.47. The predicted molar refractivity (Wildman–Crippen MR) is 125 cm³/mol. The van der Waals surface area contributed by atoms with Gasteiger partial charge in [-0.25, -0.2) is 0 Å². The Hall–Kier alpha value is -1.32. The van der Waals surface area contributed by atoms with Crippen molar-refractivity contribution in [1.29, 1.82) is 0 Å². The zero-order chi connectivity index (χ0) is 23.0. The number of carboxylic acid groups (broad SMARTS) is 1. The third-order valence-electron chi connectivity index (χ3n) is 5.20. The zero-order valence-electron chi connectivity index (χ0n) is 17.1. The van der Waals surface area contributed by atoms with Crippen molar-refractivity contribution in [2.75, 3.05) is 18.1 Å². The van der Waals surface area contributed by atoms with Crippen molar-refractivity contribution in [2.24, 2.45) is 5.41 Å². The maximum atomic E-state index is 13.0. The molecule has 0 bridgehead atoms. The van der Waals surface area contributed by atoms with E-state index in [0.29, 0.717) is 8.55 Å². The molecule has 0 radical (unpaired) electrons. The Bertz CT molecular complexity index is 1020. The van der Waals surface area contributed by atoms with Crippen LogP contribution in [-0.4, -0.2) is 76.3 Å². The molecule has 4 heterocycles. The minimum Gasteiger partial charge on any atom is -0.587 e. The van der Waals surface area contributed by atoms with Crippen molar-refractivity contribution in [3.05, 3.63) is 22.5 Å². The maximum Gasteiger partial charge on any atom is 0.313 e. The molecular formula is C18H20N4O5S5. The van der Waals surface area contributed by atoms with Gasteiger partial charge in [0.2, 0.25) is 4.21 Å². The number of thioether (sulfide) groups is 2. The SMILES string of the molecule is CCc1nnc(SCC2(C(=O)O)CS[C@@H]3C(N(C(C)=O)[S+]([O-])c4cccs4)C(=O)N3C2)s1. The highest BCUT2D eigenvalue weighted by Crippen LogP contribution is 2.47. The summed E-state index contributed by atoms with van der Waals surface area (Å²) in [6, 6.07) is 2.53. The topological polar surface area (TPSA) is 127 Å². The van der Waals surface area contributed by atoms with E-state index in [1.165, 1.54) is 58.0 Å². The molecule has 2 aromatic heterocycles. The Morgan fingerprint density at radius 1 is 1.47 bits per heavy atom. The van der Waals surface area contributed by atoms with Crippen molar-refractivity contribution >= 4 is 75.3 Å². The van der Waals surface area contributed by atoms with Crippen LogP contribution >= 0.6 is 46.2 Å². The van der Waals surface area contributed by atoms with Crippen LogP contribution in [-0.2, 0) is 32.2 Å². The van der Waals surface area contributed by atoms with Crippen LogP contribution in [0.5, 0.6) is 0 Å². The third kappa shape index (κ3) is 4.28. The van der Waals surface area contributed by atoms with Crippen LogP contribution in [0.4, 0.5) is 0 Å². The van der Waals surface area contributed by atoms with Crippen molar-refractivity contribution in [2.45, 2.75) is 40.2 Å². The van der Waals surface area contributed by atoms with Gasteiger partial charge in [0.25, 0.3) is 11.8 Å². The quantitative estimate of drug-likeness (QED) is 0.309. The number of carbonyl (C=O) groups excluding carboxylic acids is 2. The number of aliphatic carboxylic acids is 1. The van der Waals surface area contributed by atoms with Gasteiger partial charge < -0.3 is 14.6 Å². The van der Waals surface area contributed by atoms with Crippen molar-refractivity contribution in [1.82, 2.24) is 19.4 Å². The van der Waals surface area contributed by atoms with E-state index >= 15 is 0 Å². The van der Waals surface area contributed by atoms with Gasteiger partial charge in [0.15, 0.2) is 10.4 Å². The Morgan fingerprint density at radius 2 is 2.25 bits per heavy atom. The molecule has 2 saturated heterocycles. The van der Waals surface area contributed by atoms with Gasteiger partial charge >= 0.3 is 5.97 Å². The standard InChI is InChI=1S/C18H20N4O5S5/c1-3-11-19-20-17(31-11)30-9-18(16(25)26)7-21-14(24)13(15(21)29-8-18)22(10(2)23)32(27)12-5-4-6-28-12/h4-6,13,15H,3,7-9H2,1-2H3,(H,25,26)/t13?,15-,18?,32?/m1/s1. The number of aryl methyl sites for hydroxylation is 1. The lowest BCUT2D eigenvalue weighted by molar-refractivity contribution is -0.161. The number of amides is 2. The van der Waals surface area contributed by atoms with Crippen LogP contribution in [0.1, 0.15) is 18.9 Å². The Kier molecular flexibility index (Phi) is 7.08. The second kappa shape index (κ2) is 9.50. The van der Waals surface area contributed by atoms with Crippen molar-refractivity contribution < 1.29 is 24.0 Å². The van der Waals surface area contributed by atoms with Gasteiger partial charge in [-0.15, -0.1) is 26.3 Å². The highest BCUT2D eigenvalue weighted by Gasteiger charge is 2.62. The molecule has 0 aromatic carbocycles. The molecule has 0 spiro atoms. The summed E-state index contributed by atoms with van der Waals surface area (Å²) in [7, 11) is 0. The van der Waals surface area contributed by atoms with E-state index in [9.17, 15) is 24.0 Å². The molecule has 2 fully saturated rings. The van der Waals surface area contributed by atoms with Gasteiger partial charge in [-0.3, -0.25) is 14.4 Å². The Morgan fingerprint density at radius 3 is 2.84 bits per heavy atom. The first kappa shape index (κ1) is 23.8. The van der Waals surface area contributed by atoms with E-state index in [1.807, 2.05) is 6.92 Å². The van der Waals surface area contributed by atoms with E-state index in [0.717, 1.165) is 15.7 Å². The fourth-order valence-electron chi connectivity index (χ4n) is 3.48. The molecule has 14 heteroatoms. The minimum absolute atomic E-state index is 0.0408. The van der Waals surface area contributed by atoms with Crippen molar-refractivity contribution in [3.63, 3.8) is 0 Å². The summed E-state index contributed by atoms with van der Waals surface area (Å²) < 4.78 is 15.3. The van der Waals surface area contributed by atoms with Gasteiger partial charge in [0, 0.05) is 31.0 Å². The number of hydrogen-bond donors (Lipinski definition) is 1. The van der Waals surface area contributed by atoms with Crippen LogP contribution in [0.2, 0.25) is 0 Å². The highest BCUT2D eigenvalue weighted by atomic mass is 32.2. The number of hydrogen-bond acceptors (Lipinski definition) is 10. The van der Waals surface area contributed by atoms with E-state index in [1.54, 1.807) is 17.5 Å². The van der Waals surface area contributed by atoms with Gasteiger partial charge in [-0.2, -0.15) is 0 Å². The number of β-lactam (4-membered cyclic amide) rings is 1. The number of thiophene rings is 1. The second-order valence-electron chi connectivity index (χ2n) is 7.33. The molecule has 2 amide bonds. The molecular weight excluding hydrogens is 513 g/mol. The smallest absolute Gasteiger partial charge is 0.313 e. The molecule has 0 saturated carbocycles. The summed E-state index contributed by atoms with van der Waals surface area (Å²) in [5, 5.41) is 20.4. The first-order valence-electron chi connectivity index (χ1n) is 9.63. The molecule has 1 N–H and O–H groups in total. The number of carboxylic acids is 1. The number of rotatable bonds is 8. The number of carbonyl (C=O) groups is 3. The van der Waals surface area contributed by atoms with Gasteiger partial charge in [0.1, 0.15) is 27.2 Å². The maximum absolute atomic E-state index is 13.0. The fourth-order valence-corrected chi connectivity index (χ4v) is 9.52. The van der Waals surface area contributed by atoms with Gasteiger partial charge in [-0.1, -0.05) is 41.4 Å². The first-order chi connectivity index (χ1) is 15.3. The molecule has 3 unspecified atom stereocenters. The molecule has 2 aliphatic rings. The average molecular weight is 533 g/mol. The predicted octanol–water partition coefficient (Wildman–Crippen LogP) is 2.18. The van der Waals surface area contributed by atoms with E-state index in [-0.39, 0.29) is 24.0 Å². The Labute approximate surface area is 204 Å². The molecule has 0 aliphatic carbocycles. The highest BCUT2D eigenvalue weighted by molar-refractivity contribution is 8.01. The van der Waals surface area contributed by atoms with E-state index in [2.05, 4.69) is 10.2 Å². The zero-order valence-corrected chi connectivity index (χ0v) is 21.2. The van der Waals surface area contributed by atoms with Gasteiger partial charge in [-0.05, 0) is 17.9 Å². The molecule has 172 valence electrons. The summed E-state index contributed by atoms with van der Waals surface area (Å²) in [4.78, 5) is 39.0. The lowest BCUT2D eigenvalue weighted by Crippen LogP contribution is -2.74. The van der Waals surface area contributed by atoms with Crippen LogP contribution in [0.25, 0.3) is 0 Å². The second-order valence-corrected chi connectivity index (χ2v) is 13.3. The molecule has 32 heavy (non-hydrogen) atoms. The van der Waals surface area contributed by atoms with Crippen molar-refractivity contribution in [3.8, 4) is 0 Å². The number of nitrogens with zero attached hydrogens (tertiary/aromatic N) is 4. The minimum atomic E-state index is -1.78. The van der Waals surface area contributed by atoms with Crippen LogP contribution in [0.3, 0.4) is 0 Å². The summed E-state index contributed by atoms with van der Waals surface area (Å²) in [5.41, 5.74) is -1.14. The molecule has 9 nitrogen and oxygen atoms in total. The van der Waals surface area contributed by atoms with E-state index < -0.39 is 40.1 Å². The third-order valence-corrected chi connectivity index (χ3v) is 12.0. The summed E-state index contributed by atoms with van der Waals surface area (Å²) in [6.07, 6.45) is 0.767. The fraction of sp³-hybridized carbons (Fsp3) is 0.500.